The van der Waals surface area contributed by atoms with Crippen molar-refractivity contribution in [1.29, 1.82) is 0 Å². The Morgan fingerprint density at radius 2 is 1.92 bits per heavy atom. The molecule has 0 saturated heterocycles. The standard InChI is InChI=1S/C19H22ClN3O2.ClH/c1-11(2)9-15-16(19(24)25)18(21-10-12-3-4-12)23-17(22-15)13-5-7-14(20)8-6-13;/h5-8,11-12H,3-4,9-10H2,1-2H3,(H,24,25)(H,21,22,23);1H. The van der Waals surface area contributed by atoms with Gasteiger partial charge in [-0.2, -0.15) is 0 Å². The Balaban J connectivity index is 0.00000243. The van der Waals surface area contributed by atoms with Gasteiger partial charge in [-0.15, -0.1) is 12.4 Å². The summed E-state index contributed by atoms with van der Waals surface area (Å²) in [5, 5.41) is 13.6. The number of nitrogens with one attached hydrogen (secondary N) is 1. The predicted molar refractivity (Wildman–Crippen MR) is 106 cm³/mol. The monoisotopic (exact) mass is 395 g/mol. The van der Waals surface area contributed by atoms with Crippen molar-refractivity contribution in [3.8, 4) is 11.4 Å². The van der Waals surface area contributed by atoms with E-state index in [9.17, 15) is 9.90 Å². The molecule has 0 radical (unpaired) electrons. The van der Waals surface area contributed by atoms with Gasteiger partial charge in [-0.05, 0) is 55.4 Å². The van der Waals surface area contributed by atoms with E-state index in [2.05, 4.69) is 15.3 Å². The van der Waals surface area contributed by atoms with Crippen LogP contribution in [0.2, 0.25) is 5.02 Å². The first-order chi connectivity index (χ1) is 11.9. The van der Waals surface area contributed by atoms with E-state index in [0.717, 1.165) is 12.1 Å². The van der Waals surface area contributed by atoms with Gasteiger partial charge in [-0.25, -0.2) is 14.8 Å². The van der Waals surface area contributed by atoms with Crippen LogP contribution in [0.5, 0.6) is 0 Å². The van der Waals surface area contributed by atoms with Crippen molar-refractivity contribution >= 4 is 35.8 Å². The summed E-state index contributed by atoms with van der Waals surface area (Å²) in [6.07, 6.45) is 2.95. The van der Waals surface area contributed by atoms with Crippen LogP contribution < -0.4 is 5.32 Å². The number of rotatable bonds is 7. The van der Waals surface area contributed by atoms with E-state index in [1.54, 1.807) is 12.1 Å². The minimum atomic E-state index is -0.989. The van der Waals surface area contributed by atoms with Crippen LogP contribution in [0.4, 0.5) is 5.82 Å². The van der Waals surface area contributed by atoms with Crippen LogP contribution in [0.3, 0.4) is 0 Å². The third-order valence-electron chi connectivity index (χ3n) is 4.16. The van der Waals surface area contributed by atoms with E-state index < -0.39 is 5.97 Å². The lowest BCUT2D eigenvalue weighted by molar-refractivity contribution is 0.0695. The lowest BCUT2D eigenvalue weighted by Gasteiger charge is -2.15. The molecule has 1 heterocycles. The van der Waals surface area contributed by atoms with Crippen molar-refractivity contribution in [2.24, 2.45) is 11.8 Å². The van der Waals surface area contributed by atoms with E-state index in [1.165, 1.54) is 12.8 Å². The van der Waals surface area contributed by atoms with Crippen LogP contribution in [-0.2, 0) is 6.42 Å². The third kappa shape index (κ3) is 5.08. The Hall–Kier alpha value is -1.85. The van der Waals surface area contributed by atoms with Crippen LogP contribution in [0.15, 0.2) is 24.3 Å². The number of nitrogens with zero attached hydrogens (tertiary/aromatic N) is 2. The fourth-order valence-corrected chi connectivity index (χ4v) is 2.81. The highest BCUT2D eigenvalue weighted by molar-refractivity contribution is 6.30. The maximum atomic E-state index is 11.8. The molecule has 1 fully saturated rings. The van der Waals surface area contributed by atoms with E-state index in [4.69, 9.17) is 11.6 Å². The lowest BCUT2D eigenvalue weighted by atomic mass is 10.0. The van der Waals surface area contributed by atoms with Gasteiger partial charge in [0.25, 0.3) is 0 Å². The van der Waals surface area contributed by atoms with Gasteiger partial charge < -0.3 is 10.4 Å². The average molecular weight is 396 g/mol. The van der Waals surface area contributed by atoms with Crippen LogP contribution in [0, 0.1) is 11.8 Å². The van der Waals surface area contributed by atoms with Crippen LogP contribution in [0.1, 0.15) is 42.7 Å². The molecule has 1 aromatic heterocycles. The number of anilines is 1. The molecule has 0 spiro atoms. The number of halogens is 2. The quantitative estimate of drug-likeness (QED) is 0.694. The summed E-state index contributed by atoms with van der Waals surface area (Å²) < 4.78 is 0. The van der Waals surface area contributed by atoms with Crippen molar-refractivity contribution in [3.05, 3.63) is 40.5 Å². The number of aromatic nitrogens is 2. The van der Waals surface area contributed by atoms with Gasteiger partial charge in [-0.1, -0.05) is 25.4 Å². The number of benzene rings is 1. The van der Waals surface area contributed by atoms with Crippen LogP contribution in [-0.4, -0.2) is 27.6 Å². The van der Waals surface area contributed by atoms with E-state index in [-0.39, 0.29) is 18.0 Å². The second-order valence-corrected chi connectivity index (χ2v) is 7.39. The van der Waals surface area contributed by atoms with E-state index in [1.807, 2.05) is 26.0 Å². The fourth-order valence-electron chi connectivity index (χ4n) is 2.69. The molecule has 0 atom stereocenters. The van der Waals surface area contributed by atoms with Crippen molar-refractivity contribution in [2.75, 3.05) is 11.9 Å². The van der Waals surface area contributed by atoms with Crippen molar-refractivity contribution in [3.63, 3.8) is 0 Å². The maximum absolute atomic E-state index is 11.8. The summed E-state index contributed by atoms with van der Waals surface area (Å²) in [6.45, 7) is 4.85. The molecule has 7 heteroatoms. The SMILES string of the molecule is CC(C)Cc1nc(-c2ccc(Cl)cc2)nc(NCC2CC2)c1C(=O)O.Cl. The lowest BCUT2D eigenvalue weighted by Crippen LogP contribution is -2.16. The van der Waals surface area contributed by atoms with Crippen molar-refractivity contribution < 1.29 is 9.90 Å². The summed E-state index contributed by atoms with van der Waals surface area (Å²) in [6, 6.07) is 7.26. The highest BCUT2D eigenvalue weighted by Crippen LogP contribution is 2.30. The molecule has 2 aromatic rings. The molecule has 1 aliphatic rings. The summed E-state index contributed by atoms with van der Waals surface area (Å²) in [7, 11) is 0. The Labute approximate surface area is 164 Å². The minimum absolute atomic E-state index is 0. The molecule has 1 aromatic carbocycles. The first-order valence-electron chi connectivity index (χ1n) is 8.58. The molecule has 26 heavy (non-hydrogen) atoms. The molecule has 0 bridgehead atoms. The Morgan fingerprint density at radius 3 is 2.46 bits per heavy atom. The highest BCUT2D eigenvalue weighted by atomic mass is 35.5. The normalized spacial score (nSPS) is 13.4. The summed E-state index contributed by atoms with van der Waals surface area (Å²) >= 11 is 5.96. The van der Waals surface area contributed by atoms with Gasteiger partial charge in [0, 0.05) is 17.1 Å². The Kier molecular flexibility index (Phi) is 6.84. The minimum Gasteiger partial charge on any atom is -0.477 e. The fraction of sp³-hybridized carbons (Fsp3) is 0.421. The van der Waals surface area contributed by atoms with E-state index in [0.29, 0.717) is 40.6 Å². The first-order valence-corrected chi connectivity index (χ1v) is 8.96. The van der Waals surface area contributed by atoms with Gasteiger partial charge in [0.05, 0.1) is 5.69 Å². The smallest absolute Gasteiger partial charge is 0.341 e. The number of carboxylic acids is 1. The topological polar surface area (TPSA) is 75.1 Å². The van der Waals surface area contributed by atoms with Gasteiger partial charge >= 0.3 is 5.97 Å². The average Bonchev–Trinajstić information content (AvgIpc) is 3.36. The second-order valence-electron chi connectivity index (χ2n) is 6.95. The molecule has 0 unspecified atom stereocenters. The van der Waals surface area contributed by atoms with Gasteiger partial charge in [0.1, 0.15) is 11.4 Å². The number of carboxylic acid groups (broad SMARTS) is 1. The molecular weight excluding hydrogens is 373 g/mol. The zero-order valence-electron chi connectivity index (χ0n) is 14.8. The molecule has 1 aliphatic carbocycles. The van der Waals surface area contributed by atoms with Crippen molar-refractivity contribution in [2.45, 2.75) is 33.1 Å². The largest absolute Gasteiger partial charge is 0.477 e. The number of carbonyl (C=O) groups is 1. The maximum Gasteiger partial charge on any atom is 0.341 e. The number of hydrogen-bond acceptors (Lipinski definition) is 4. The summed E-state index contributed by atoms with van der Waals surface area (Å²) in [4.78, 5) is 20.9. The molecule has 5 nitrogen and oxygen atoms in total. The predicted octanol–water partition coefficient (Wildman–Crippen LogP) is 4.94. The molecule has 0 amide bonds. The Bertz CT molecular complexity index is 775. The van der Waals surface area contributed by atoms with Crippen molar-refractivity contribution in [1.82, 2.24) is 9.97 Å². The van der Waals surface area contributed by atoms with Crippen LogP contribution >= 0.6 is 24.0 Å². The zero-order chi connectivity index (χ0) is 18.0. The van der Waals surface area contributed by atoms with Crippen LogP contribution in [0.25, 0.3) is 11.4 Å². The number of aromatic carboxylic acids is 1. The summed E-state index contributed by atoms with van der Waals surface area (Å²) in [5.41, 5.74) is 1.58. The molecular formula is C19H23Cl2N3O2. The zero-order valence-corrected chi connectivity index (χ0v) is 16.4. The molecule has 2 N–H and O–H groups in total. The molecule has 0 aliphatic heterocycles. The highest BCUT2D eigenvalue weighted by Gasteiger charge is 2.25. The number of hydrogen-bond donors (Lipinski definition) is 2. The van der Waals surface area contributed by atoms with Gasteiger partial charge in [-0.3, -0.25) is 0 Å². The second kappa shape index (κ2) is 8.69. The first kappa shape index (κ1) is 20.5. The molecule has 3 rings (SSSR count). The Morgan fingerprint density at radius 1 is 1.27 bits per heavy atom. The summed E-state index contributed by atoms with van der Waals surface area (Å²) in [5.74, 6) is 0.855. The molecule has 140 valence electrons. The molecule has 1 saturated carbocycles. The third-order valence-corrected chi connectivity index (χ3v) is 4.41. The van der Waals surface area contributed by atoms with Gasteiger partial charge in [0.15, 0.2) is 5.82 Å². The van der Waals surface area contributed by atoms with Gasteiger partial charge in [0.2, 0.25) is 0 Å². The van der Waals surface area contributed by atoms with E-state index >= 15 is 0 Å².